The van der Waals surface area contributed by atoms with E-state index in [4.69, 9.17) is 0 Å². The Morgan fingerprint density at radius 3 is 1.77 bits per heavy atom. The van der Waals surface area contributed by atoms with Gasteiger partial charge in [-0.25, -0.2) is 0 Å². The molecule has 1 radical (unpaired) electrons. The zero-order chi connectivity index (χ0) is 8.93. The quantitative estimate of drug-likeness (QED) is 0.520. The molecule has 2 aliphatic rings. The Bertz CT molecular complexity index is 125. The van der Waals surface area contributed by atoms with Crippen LogP contribution in [-0.2, 0) is 0 Å². The van der Waals surface area contributed by atoms with Gasteiger partial charge in [0, 0.05) is 0 Å². The van der Waals surface area contributed by atoms with Gasteiger partial charge in [0.25, 0.3) is 0 Å². The molecule has 0 heteroatoms. The minimum absolute atomic E-state index is 1.04. The molecular weight excluding hydrogens is 156 g/mol. The van der Waals surface area contributed by atoms with Crippen LogP contribution in [0.1, 0.15) is 70.6 Å². The van der Waals surface area contributed by atoms with Crippen LogP contribution in [0.4, 0.5) is 0 Å². The second-order valence-electron chi connectivity index (χ2n) is 4.91. The highest BCUT2D eigenvalue weighted by Crippen LogP contribution is 2.38. The van der Waals surface area contributed by atoms with Crippen LogP contribution < -0.4 is 0 Å². The molecule has 0 spiro atoms. The molecule has 0 unspecified atom stereocenters. The fourth-order valence-electron chi connectivity index (χ4n) is 3.10. The summed E-state index contributed by atoms with van der Waals surface area (Å²) in [6, 6.07) is 0. The van der Waals surface area contributed by atoms with Crippen molar-refractivity contribution >= 4 is 0 Å². The molecule has 0 aromatic carbocycles. The van der Waals surface area contributed by atoms with Crippen molar-refractivity contribution in [1.29, 1.82) is 0 Å². The monoisotopic (exact) mass is 179 g/mol. The van der Waals surface area contributed by atoms with Gasteiger partial charge in [0.1, 0.15) is 0 Å². The molecule has 2 saturated carbocycles. The second-order valence-corrected chi connectivity index (χ2v) is 4.91. The van der Waals surface area contributed by atoms with Crippen molar-refractivity contribution in [2.45, 2.75) is 70.6 Å². The topological polar surface area (TPSA) is 0 Å². The van der Waals surface area contributed by atoms with Crippen molar-refractivity contribution in [3.05, 3.63) is 5.92 Å². The highest BCUT2D eigenvalue weighted by molar-refractivity contribution is 4.98. The number of hydrogen-bond acceptors (Lipinski definition) is 0. The highest BCUT2D eigenvalue weighted by atomic mass is 14.3. The first-order chi connectivity index (χ1) is 6.47. The summed E-state index contributed by atoms with van der Waals surface area (Å²) in [7, 11) is 0. The smallest absolute Gasteiger partial charge is 0.0210 e. The fourth-order valence-corrected chi connectivity index (χ4v) is 3.10. The molecule has 0 bridgehead atoms. The Balaban J connectivity index is 1.82. The molecule has 0 aromatic heterocycles. The van der Waals surface area contributed by atoms with E-state index in [0.717, 1.165) is 5.92 Å². The Kier molecular flexibility index (Phi) is 3.69. The standard InChI is InChI=1S/C13H23/c1-2-5-9-12(8-4-1)13-10-6-3-7-11-13/h12H,1-11H2. The summed E-state index contributed by atoms with van der Waals surface area (Å²) in [6.45, 7) is 0. The van der Waals surface area contributed by atoms with Crippen LogP contribution in [0.3, 0.4) is 0 Å². The van der Waals surface area contributed by atoms with Gasteiger partial charge in [-0.1, -0.05) is 44.9 Å². The van der Waals surface area contributed by atoms with E-state index in [-0.39, 0.29) is 0 Å². The third-order valence-corrected chi connectivity index (χ3v) is 3.93. The van der Waals surface area contributed by atoms with Gasteiger partial charge in [-0.3, -0.25) is 0 Å². The van der Waals surface area contributed by atoms with Crippen LogP contribution in [0.2, 0.25) is 0 Å². The van der Waals surface area contributed by atoms with Crippen LogP contribution in [0, 0.1) is 11.8 Å². The summed E-state index contributed by atoms with van der Waals surface area (Å²) >= 11 is 0. The molecule has 0 aliphatic heterocycles. The minimum Gasteiger partial charge on any atom is -0.0533 e. The molecule has 0 saturated heterocycles. The van der Waals surface area contributed by atoms with E-state index >= 15 is 0 Å². The molecule has 0 heterocycles. The van der Waals surface area contributed by atoms with Crippen molar-refractivity contribution in [3.63, 3.8) is 0 Å². The lowest BCUT2D eigenvalue weighted by Crippen LogP contribution is -2.15. The van der Waals surface area contributed by atoms with Crippen LogP contribution in [0.25, 0.3) is 0 Å². The normalized spacial score (nSPS) is 28.6. The first kappa shape index (κ1) is 9.55. The van der Waals surface area contributed by atoms with Gasteiger partial charge in [0.05, 0.1) is 0 Å². The fraction of sp³-hybridized carbons (Fsp3) is 0.923. The number of hydrogen-bond donors (Lipinski definition) is 0. The average Bonchev–Trinajstić information content (AvgIpc) is 2.47. The summed E-state index contributed by atoms with van der Waals surface area (Å²) in [5, 5.41) is 0. The van der Waals surface area contributed by atoms with Crippen molar-refractivity contribution in [2.24, 2.45) is 5.92 Å². The zero-order valence-corrected chi connectivity index (χ0v) is 8.86. The molecule has 13 heavy (non-hydrogen) atoms. The largest absolute Gasteiger partial charge is 0.0533 e. The van der Waals surface area contributed by atoms with Gasteiger partial charge in [-0.2, -0.15) is 0 Å². The molecule has 2 aliphatic carbocycles. The second kappa shape index (κ2) is 5.02. The van der Waals surface area contributed by atoms with Crippen LogP contribution in [-0.4, -0.2) is 0 Å². The van der Waals surface area contributed by atoms with Crippen molar-refractivity contribution in [3.8, 4) is 0 Å². The lowest BCUT2D eigenvalue weighted by atomic mass is 9.77. The Hall–Kier alpha value is 0. The third kappa shape index (κ3) is 2.72. The molecule has 2 rings (SSSR count). The van der Waals surface area contributed by atoms with E-state index in [1.54, 1.807) is 0 Å². The van der Waals surface area contributed by atoms with Gasteiger partial charge in [-0.15, -0.1) is 0 Å². The molecule has 75 valence electrons. The minimum atomic E-state index is 1.04. The lowest BCUT2D eigenvalue weighted by Gasteiger charge is -2.28. The van der Waals surface area contributed by atoms with E-state index < -0.39 is 0 Å². The molecular formula is C13H23. The zero-order valence-electron chi connectivity index (χ0n) is 8.86. The summed E-state index contributed by atoms with van der Waals surface area (Å²) in [6.07, 6.45) is 16.5. The van der Waals surface area contributed by atoms with E-state index in [1.165, 1.54) is 70.6 Å². The molecule has 0 atom stereocenters. The third-order valence-electron chi connectivity index (χ3n) is 3.93. The van der Waals surface area contributed by atoms with E-state index in [0.29, 0.717) is 0 Å². The summed E-state index contributed by atoms with van der Waals surface area (Å²) < 4.78 is 0. The van der Waals surface area contributed by atoms with Gasteiger partial charge in [0.2, 0.25) is 0 Å². The van der Waals surface area contributed by atoms with Crippen molar-refractivity contribution < 1.29 is 0 Å². The molecule has 0 amide bonds. The molecule has 0 nitrogen and oxygen atoms in total. The molecule has 0 aromatic rings. The van der Waals surface area contributed by atoms with Crippen LogP contribution in [0.15, 0.2) is 0 Å². The summed E-state index contributed by atoms with van der Waals surface area (Å²) in [5.41, 5.74) is 0. The summed E-state index contributed by atoms with van der Waals surface area (Å²) in [5.74, 6) is 3.00. The maximum Gasteiger partial charge on any atom is -0.0210 e. The van der Waals surface area contributed by atoms with E-state index in [9.17, 15) is 0 Å². The van der Waals surface area contributed by atoms with Gasteiger partial charge in [-0.05, 0) is 37.5 Å². The Morgan fingerprint density at radius 1 is 0.615 bits per heavy atom. The average molecular weight is 179 g/mol. The maximum atomic E-state index is 1.95. The highest BCUT2D eigenvalue weighted by Gasteiger charge is 2.24. The first-order valence-corrected chi connectivity index (χ1v) is 6.31. The van der Waals surface area contributed by atoms with E-state index in [2.05, 4.69) is 0 Å². The first-order valence-electron chi connectivity index (χ1n) is 6.31. The van der Waals surface area contributed by atoms with Gasteiger partial charge < -0.3 is 0 Å². The Labute approximate surface area is 83.1 Å². The predicted octanol–water partition coefficient (Wildman–Crippen LogP) is 4.50. The lowest BCUT2D eigenvalue weighted by molar-refractivity contribution is 0.383. The Morgan fingerprint density at radius 2 is 1.15 bits per heavy atom. The SMILES string of the molecule is C1CC[C](C2CCCCCC2)CC1. The molecule has 0 N–H and O–H groups in total. The van der Waals surface area contributed by atoms with E-state index in [1.807, 2.05) is 5.92 Å². The molecule has 2 fully saturated rings. The van der Waals surface area contributed by atoms with Crippen LogP contribution >= 0.6 is 0 Å². The predicted molar refractivity (Wildman–Crippen MR) is 57.5 cm³/mol. The van der Waals surface area contributed by atoms with Crippen LogP contribution in [0.5, 0.6) is 0 Å². The van der Waals surface area contributed by atoms with Crippen molar-refractivity contribution in [1.82, 2.24) is 0 Å². The van der Waals surface area contributed by atoms with Gasteiger partial charge in [0.15, 0.2) is 0 Å². The maximum absolute atomic E-state index is 1.95. The summed E-state index contributed by atoms with van der Waals surface area (Å²) in [4.78, 5) is 0. The number of rotatable bonds is 1. The van der Waals surface area contributed by atoms with Crippen molar-refractivity contribution in [2.75, 3.05) is 0 Å². The van der Waals surface area contributed by atoms with Gasteiger partial charge >= 0.3 is 0 Å².